The van der Waals surface area contributed by atoms with Gasteiger partial charge in [0.15, 0.2) is 0 Å². The van der Waals surface area contributed by atoms with Crippen LogP contribution in [0.4, 0.5) is 0 Å². The molecule has 2 rings (SSSR count). The summed E-state index contributed by atoms with van der Waals surface area (Å²) in [6.45, 7) is 8.56. The third-order valence-corrected chi connectivity index (χ3v) is 3.39. The Morgan fingerprint density at radius 2 is 1.67 bits per heavy atom. The lowest BCUT2D eigenvalue weighted by atomic mass is 9.86. The van der Waals surface area contributed by atoms with Gasteiger partial charge in [0.2, 0.25) is 0 Å². The van der Waals surface area contributed by atoms with Gasteiger partial charge in [-0.05, 0) is 29.9 Å². The lowest BCUT2D eigenvalue weighted by molar-refractivity contribution is 0.164. The quantitative estimate of drug-likeness (QED) is 0.744. The molecule has 0 bridgehead atoms. The first-order valence-electron chi connectivity index (χ1n) is 5.63. The fraction of sp³-hybridized carbons (Fsp3) is 0.571. The van der Waals surface area contributed by atoms with Gasteiger partial charge >= 0.3 is 0 Å². The number of benzene rings is 1. The summed E-state index contributed by atoms with van der Waals surface area (Å²) in [6.07, 6.45) is 0.905. The van der Waals surface area contributed by atoms with E-state index < -0.39 is 5.60 Å². The van der Waals surface area contributed by atoms with Crippen LogP contribution in [-0.2, 0) is 5.41 Å². The van der Waals surface area contributed by atoms with Crippen LogP contribution in [0.2, 0.25) is 0 Å². The highest BCUT2D eigenvalue weighted by Gasteiger charge is 2.49. The molecule has 1 N–H and O–H groups in total. The van der Waals surface area contributed by atoms with Crippen molar-refractivity contribution in [3.8, 4) is 0 Å². The molecule has 1 nitrogen and oxygen atoms in total. The van der Waals surface area contributed by atoms with E-state index in [1.165, 1.54) is 11.1 Å². The van der Waals surface area contributed by atoms with E-state index in [9.17, 15) is 5.11 Å². The molecule has 1 fully saturated rings. The zero-order chi connectivity index (χ0) is 11.3. The number of rotatable bonds is 1. The molecule has 0 aromatic heterocycles. The van der Waals surface area contributed by atoms with Gasteiger partial charge in [0.1, 0.15) is 0 Å². The summed E-state index contributed by atoms with van der Waals surface area (Å²) < 4.78 is 0. The summed E-state index contributed by atoms with van der Waals surface area (Å²) in [7, 11) is 0. The average Bonchev–Trinajstić information content (AvgIpc) is 2.74. The highest BCUT2D eigenvalue weighted by Crippen LogP contribution is 2.50. The highest BCUT2D eigenvalue weighted by atomic mass is 16.3. The first-order valence-corrected chi connectivity index (χ1v) is 5.63. The van der Waals surface area contributed by atoms with Crippen molar-refractivity contribution in [3.05, 3.63) is 35.4 Å². The van der Waals surface area contributed by atoms with E-state index in [1.54, 1.807) is 0 Å². The van der Waals surface area contributed by atoms with E-state index in [0.29, 0.717) is 5.92 Å². The molecule has 0 saturated heterocycles. The topological polar surface area (TPSA) is 20.2 Å². The lowest BCUT2D eigenvalue weighted by Crippen LogP contribution is -2.11. The number of hydrogen-bond donors (Lipinski definition) is 1. The Kier molecular flexibility index (Phi) is 2.20. The van der Waals surface area contributed by atoms with E-state index in [1.807, 2.05) is 6.92 Å². The largest absolute Gasteiger partial charge is 0.390 e. The van der Waals surface area contributed by atoms with Gasteiger partial charge in [0.25, 0.3) is 0 Å². The van der Waals surface area contributed by atoms with Crippen molar-refractivity contribution in [2.24, 2.45) is 0 Å². The van der Waals surface area contributed by atoms with Crippen molar-refractivity contribution < 1.29 is 5.11 Å². The standard InChI is InChI=1S/C14H20O/c1-13(2,3)11-7-5-10(6-8-11)12-9-14(12,4)15/h5-8,12,15H,9H2,1-4H3. The Labute approximate surface area is 92.1 Å². The molecule has 2 unspecified atom stereocenters. The Bertz CT molecular complexity index is 354. The molecule has 0 aliphatic heterocycles. The summed E-state index contributed by atoms with van der Waals surface area (Å²) in [5, 5.41) is 9.77. The summed E-state index contributed by atoms with van der Waals surface area (Å²) in [6, 6.07) is 8.69. The maximum absolute atomic E-state index is 9.77. The molecule has 0 heterocycles. The second-order valence-electron chi connectivity index (χ2n) is 5.99. The zero-order valence-electron chi connectivity index (χ0n) is 10.0. The van der Waals surface area contributed by atoms with E-state index in [2.05, 4.69) is 45.0 Å². The van der Waals surface area contributed by atoms with Crippen molar-refractivity contribution >= 4 is 0 Å². The van der Waals surface area contributed by atoms with E-state index in [4.69, 9.17) is 0 Å². The minimum Gasteiger partial charge on any atom is -0.390 e. The Morgan fingerprint density at radius 3 is 2.00 bits per heavy atom. The van der Waals surface area contributed by atoms with Crippen LogP contribution in [0.25, 0.3) is 0 Å². The summed E-state index contributed by atoms with van der Waals surface area (Å²) in [4.78, 5) is 0. The summed E-state index contributed by atoms with van der Waals surface area (Å²) >= 11 is 0. The van der Waals surface area contributed by atoms with Gasteiger partial charge in [-0.2, -0.15) is 0 Å². The zero-order valence-corrected chi connectivity index (χ0v) is 10.0. The first-order chi connectivity index (χ1) is 6.81. The molecule has 1 saturated carbocycles. The van der Waals surface area contributed by atoms with Crippen molar-refractivity contribution in [1.29, 1.82) is 0 Å². The molecular weight excluding hydrogens is 184 g/mol. The fourth-order valence-corrected chi connectivity index (χ4v) is 2.05. The molecule has 2 atom stereocenters. The summed E-state index contributed by atoms with van der Waals surface area (Å²) in [5.41, 5.74) is 2.38. The van der Waals surface area contributed by atoms with Crippen LogP contribution in [-0.4, -0.2) is 10.7 Å². The third-order valence-electron chi connectivity index (χ3n) is 3.39. The molecule has 1 aliphatic rings. The molecule has 1 aromatic carbocycles. The molecule has 1 heteroatoms. The minimum absolute atomic E-state index is 0.213. The van der Waals surface area contributed by atoms with Gasteiger partial charge in [-0.15, -0.1) is 0 Å². The number of aliphatic hydroxyl groups is 1. The van der Waals surface area contributed by atoms with Gasteiger partial charge in [-0.3, -0.25) is 0 Å². The van der Waals surface area contributed by atoms with Crippen molar-refractivity contribution in [3.63, 3.8) is 0 Å². The Morgan fingerprint density at radius 1 is 1.20 bits per heavy atom. The molecule has 15 heavy (non-hydrogen) atoms. The smallest absolute Gasteiger partial charge is 0.0696 e. The molecule has 0 amide bonds. The van der Waals surface area contributed by atoms with E-state index in [-0.39, 0.29) is 5.41 Å². The van der Waals surface area contributed by atoms with Crippen molar-refractivity contribution in [2.45, 2.75) is 51.0 Å². The first kappa shape index (κ1) is 10.7. The minimum atomic E-state index is -0.455. The number of hydrogen-bond acceptors (Lipinski definition) is 1. The van der Waals surface area contributed by atoms with Crippen LogP contribution < -0.4 is 0 Å². The van der Waals surface area contributed by atoms with Crippen molar-refractivity contribution in [2.75, 3.05) is 0 Å². The van der Waals surface area contributed by atoms with Gasteiger partial charge in [-0.25, -0.2) is 0 Å². The Balaban J connectivity index is 2.19. The molecular formula is C14H20O. The van der Waals surface area contributed by atoms with Crippen LogP contribution in [0.5, 0.6) is 0 Å². The molecule has 1 aromatic rings. The van der Waals surface area contributed by atoms with Crippen LogP contribution in [0.1, 0.15) is 51.2 Å². The maximum atomic E-state index is 9.77. The van der Waals surface area contributed by atoms with E-state index >= 15 is 0 Å². The molecule has 0 radical (unpaired) electrons. The molecule has 1 aliphatic carbocycles. The predicted octanol–water partition coefficient (Wildman–Crippen LogP) is 3.22. The SMILES string of the molecule is CC(C)(C)c1ccc(C2CC2(C)O)cc1. The van der Waals surface area contributed by atoms with Crippen LogP contribution in [0.3, 0.4) is 0 Å². The molecule has 0 spiro atoms. The fourth-order valence-electron chi connectivity index (χ4n) is 2.05. The third kappa shape index (κ3) is 2.07. The Hall–Kier alpha value is -0.820. The van der Waals surface area contributed by atoms with Gasteiger partial charge in [0.05, 0.1) is 5.60 Å². The average molecular weight is 204 g/mol. The predicted molar refractivity (Wildman–Crippen MR) is 63.1 cm³/mol. The normalized spacial score (nSPS) is 30.3. The van der Waals surface area contributed by atoms with Crippen LogP contribution in [0, 0.1) is 0 Å². The maximum Gasteiger partial charge on any atom is 0.0696 e. The monoisotopic (exact) mass is 204 g/mol. The summed E-state index contributed by atoms with van der Waals surface area (Å²) in [5.74, 6) is 0.353. The van der Waals surface area contributed by atoms with E-state index in [0.717, 1.165) is 6.42 Å². The van der Waals surface area contributed by atoms with Gasteiger partial charge in [0, 0.05) is 5.92 Å². The van der Waals surface area contributed by atoms with Crippen LogP contribution in [0.15, 0.2) is 24.3 Å². The highest BCUT2D eigenvalue weighted by molar-refractivity contribution is 5.34. The molecule has 82 valence electrons. The van der Waals surface area contributed by atoms with Gasteiger partial charge < -0.3 is 5.11 Å². The second-order valence-corrected chi connectivity index (χ2v) is 5.99. The van der Waals surface area contributed by atoms with Gasteiger partial charge in [-0.1, -0.05) is 45.0 Å². The lowest BCUT2D eigenvalue weighted by Gasteiger charge is -2.19. The van der Waals surface area contributed by atoms with Crippen molar-refractivity contribution in [1.82, 2.24) is 0 Å². The van der Waals surface area contributed by atoms with Crippen LogP contribution >= 0.6 is 0 Å². The second kappa shape index (κ2) is 3.08.